The van der Waals surface area contributed by atoms with E-state index in [2.05, 4.69) is 5.32 Å². The molecule has 2 rings (SSSR count). The Morgan fingerprint density at radius 3 is 2.33 bits per heavy atom. The van der Waals surface area contributed by atoms with Crippen molar-refractivity contribution in [3.63, 3.8) is 0 Å². The van der Waals surface area contributed by atoms with Crippen LogP contribution in [0.3, 0.4) is 0 Å². The molecule has 5 heteroatoms. The molecule has 0 bridgehead atoms. The average molecular weight is 251 g/mol. The van der Waals surface area contributed by atoms with E-state index in [4.69, 9.17) is 14.6 Å². The van der Waals surface area contributed by atoms with E-state index in [1.165, 1.54) is 0 Å². The molecule has 1 aromatic carbocycles. The number of methoxy groups -OCH3 is 2. The maximum absolute atomic E-state index is 11.0. The summed E-state index contributed by atoms with van der Waals surface area (Å²) in [5.41, 5.74) is 0.895. The Balaban J connectivity index is 2.30. The lowest BCUT2D eigenvalue weighted by Crippen LogP contribution is -2.32. The molecule has 18 heavy (non-hydrogen) atoms. The van der Waals surface area contributed by atoms with Gasteiger partial charge < -0.3 is 14.6 Å². The summed E-state index contributed by atoms with van der Waals surface area (Å²) < 4.78 is 10.7. The highest BCUT2D eigenvalue weighted by Crippen LogP contribution is 2.38. The molecule has 0 aromatic heterocycles. The van der Waals surface area contributed by atoms with Crippen LogP contribution in [-0.2, 0) is 4.79 Å². The molecule has 1 heterocycles. The van der Waals surface area contributed by atoms with E-state index in [-0.39, 0.29) is 6.04 Å². The molecular weight excluding hydrogens is 234 g/mol. The lowest BCUT2D eigenvalue weighted by Gasteiger charge is -2.19. The van der Waals surface area contributed by atoms with Crippen molar-refractivity contribution in [2.75, 3.05) is 14.2 Å². The Kier molecular flexibility index (Phi) is 3.72. The molecule has 1 aliphatic rings. The van der Waals surface area contributed by atoms with E-state index in [1.807, 2.05) is 18.2 Å². The third-order valence-corrected chi connectivity index (χ3v) is 3.26. The third kappa shape index (κ3) is 2.26. The Hall–Kier alpha value is -1.75. The molecule has 98 valence electrons. The van der Waals surface area contributed by atoms with Crippen molar-refractivity contribution in [2.24, 2.45) is 0 Å². The zero-order valence-corrected chi connectivity index (χ0v) is 10.5. The van der Waals surface area contributed by atoms with Gasteiger partial charge in [-0.25, -0.2) is 0 Å². The molecule has 1 saturated heterocycles. The van der Waals surface area contributed by atoms with Gasteiger partial charge in [-0.05, 0) is 25.0 Å². The Bertz CT molecular complexity index is 424. The van der Waals surface area contributed by atoms with Crippen molar-refractivity contribution < 1.29 is 19.4 Å². The molecule has 2 unspecified atom stereocenters. The summed E-state index contributed by atoms with van der Waals surface area (Å²) in [6.07, 6.45) is 1.37. The van der Waals surface area contributed by atoms with Gasteiger partial charge in [-0.3, -0.25) is 10.1 Å². The number of rotatable bonds is 4. The fourth-order valence-corrected chi connectivity index (χ4v) is 2.39. The first-order valence-electron chi connectivity index (χ1n) is 5.87. The van der Waals surface area contributed by atoms with Gasteiger partial charge in [-0.2, -0.15) is 0 Å². The first kappa shape index (κ1) is 12.7. The van der Waals surface area contributed by atoms with Crippen molar-refractivity contribution in [3.05, 3.63) is 23.8 Å². The van der Waals surface area contributed by atoms with Crippen molar-refractivity contribution in [2.45, 2.75) is 24.9 Å². The van der Waals surface area contributed by atoms with E-state index in [1.54, 1.807) is 14.2 Å². The van der Waals surface area contributed by atoms with Crippen molar-refractivity contribution in [1.82, 2.24) is 5.32 Å². The van der Waals surface area contributed by atoms with Crippen LogP contribution >= 0.6 is 0 Å². The SMILES string of the molecule is COc1cccc(OC)c1C1CCC(C(=O)O)N1. The lowest BCUT2D eigenvalue weighted by atomic mass is 10.0. The van der Waals surface area contributed by atoms with Crippen molar-refractivity contribution in [1.29, 1.82) is 0 Å². The van der Waals surface area contributed by atoms with Gasteiger partial charge in [0.05, 0.1) is 19.8 Å². The Morgan fingerprint density at radius 1 is 1.28 bits per heavy atom. The first-order chi connectivity index (χ1) is 8.67. The molecule has 2 N–H and O–H groups in total. The molecule has 1 fully saturated rings. The smallest absolute Gasteiger partial charge is 0.320 e. The van der Waals surface area contributed by atoms with E-state index in [0.29, 0.717) is 6.42 Å². The van der Waals surface area contributed by atoms with Crippen LogP contribution in [0.5, 0.6) is 11.5 Å². The van der Waals surface area contributed by atoms with Crippen LogP contribution < -0.4 is 14.8 Å². The predicted octanol–water partition coefficient (Wildman–Crippen LogP) is 1.58. The summed E-state index contributed by atoms with van der Waals surface area (Å²) in [5, 5.41) is 12.1. The average Bonchev–Trinajstić information content (AvgIpc) is 2.87. The number of carboxylic acids is 1. The second kappa shape index (κ2) is 5.27. The van der Waals surface area contributed by atoms with Crippen LogP contribution in [0.4, 0.5) is 0 Å². The van der Waals surface area contributed by atoms with Gasteiger partial charge in [-0.15, -0.1) is 0 Å². The van der Waals surface area contributed by atoms with Gasteiger partial charge in [0, 0.05) is 6.04 Å². The fraction of sp³-hybridized carbons (Fsp3) is 0.462. The van der Waals surface area contributed by atoms with Gasteiger partial charge in [0.1, 0.15) is 17.5 Å². The van der Waals surface area contributed by atoms with Gasteiger partial charge in [0.25, 0.3) is 0 Å². The Morgan fingerprint density at radius 2 is 1.89 bits per heavy atom. The molecule has 0 saturated carbocycles. The van der Waals surface area contributed by atoms with Crippen molar-refractivity contribution in [3.8, 4) is 11.5 Å². The molecule has 2 atom stereocenters. The van der Waals surface area contributed by atoms with Crippen LogP contribution in [0.1, 0.15) is 24.4 Å². The summed E-state index contributed by atoms with van der Waals surface area (Å²) >= 11 is 0. The summed E-state index contributed by atoms with van der Waals surface area (Å²) in [6, 6.07) is 5.02. The number of nitrogens with one attached hydrogen (secondary N) is 1. The van der Waals surface area contributed by atoms with Gasteiger partial charge in [-0.1, -0.05) is 6.07 Å². The van der Waals surface area contributed by atoms with E-state index < -0.39 is 12.0 Å². The Labute approximate surface area is 106 Å². The molecule has 0 amide bonds. The summed E-state index contributed by atoms with van der Waals surface area (Å²) in [6.45, 7) is 0. The molecule has 0 aliphatic carbocycles. The molecular formula is C13H17NO4. The number of hydrogen-bond donors (Lipinski definition) is 2. The fourth-order valence-electron chi connectivity index (χ4n) is 2.39. The van der Waals surface area contributed by atoms with Crippen LogP contribution in [0.25, 0.3) is 0 Å². The largest absolute Gasteiger partial charge is 0.496 e. The second-order valence-electron chi connectivity index (χ2n) is 4.26. The summed E-state index contributed by atoms with van der Waals surface area (Å²) in [7, 11) is 3.20. The van der Waals surface area contributed by atoms with E-state index in [9.17, 15) is 4.79 Å². The first-order valence-corrected chi connectivity index (χ1v) is 5.87. The van der Waals surface area contributed by atoms with Crippen LogP contribution in [0, 0.1) is 0 Å². The zero-order valence-electron chi connectivity index (χ0n) is 10.5. The highest BCUT2D eigenvalue weighted by molar-refractivity contribution is 5.74. The standard InChI is InChI=1S/C13H17NO4/c1-17-10-4-3-5-11(18-2)12(10)8-6-7-9(14-8)13(15)16/h3-5,8-9,14H,6-7H2,1-2H3,(H,15,16). The van der Waals surface area contributed by atoms with Crippen LogP contribution in [-0.4, -0.2) is 31.3 Å². The summed E-state index contributed by atoms with van der Waals surface area (Å²) in [5.74, 6) is 0.627. The van der Waals surface area contributed by atoms with Crippen LogP contribution in [0.15, 0.2) is 18.2 Å². The molecule has 5 nitrogen and oxygen atoms in total. The normalized spacial score (nSPS) is 22.8. The number of hydrogen-bond acceptors (Lipinski definition) is 4. The molecule has 0 radical (unpaired) electrons. The van der Waals surface area contributed by atoms with Gasteiger partial charge in [0.15, 0.2) is 0 Å². The number of ether oxygens (including phenoxy) is 2. The number of aliphatic carboxylic acids is 1. The highest BCUT2D eigenvalue weighted by Gasteiger charge is 2.32. The van der Waals surface area contributed by atoms with Gasteiger partial charge in [0.2, 0.25) is 0 Å². The van der Waals surface area contributed by atoms with Crippen molar-refractivity contribution >= 4 is 5.97 Å². The number of carboxylic acid groups (broad SMARTS) is 1. The number of benzene rings is 1. The minimum absolute atomic E-state index is 0.0443. The maximum Gasteiger partial charge on any atom is 0.320 e. The van der Waals surface area contributed by atoms with E-state index >= 15 is 0 Å². The monoisotopic (exact) mass is 251 g/mol. The lowest BCUT2D eigenvalue weighted by molar-refractivity contribution is -0.139. The quantitative estimate of drug-likeness (QED) is 0.850. The summed E-state index contributed by atoms with van der Waals surface area (Å²) in [4.78, 5) is 11.0. The zero-order chi connectivity index (χ0) is 13.1. The molecule has 0 spiro atoms. The number of carbonyl (C=O) groups is 1. The van der Waals surface area contributed by atoms with Gasteiger partial charge >= 0.3 is 5.97 Å². The minimum atomic E-state index is -0.814. The highest BCUT2D eigenvalue weighted by atomic mass is 16.5. The second-order valence-corrected chi connectivity index (χ2v) is 4.26. The van der Waals surface area contributed by atoms with Crippen LogP contribution in [0.2, 0.25) is 0 Å². The maximum atomic E-state index is 11.0. The molecule has 1 aromatic rings. The predicted molar refractivity (Wildman–Crippen MR) is 66.1 cm³/mol. The van der Waals surface area contributed by atoms with E-state index in [0.717, 1.165) is 23.5 Å². The third-order valence-electron chi connectivity index (χ3n) is 3.26. The molecule has 1 aliphatic heterocycles. The topological polar surface area (TPSA) is 67.8 Å². The minimum Gasteiger partial charge on any atom is -0.496 e.